The number of rotatable bonds is 1. The third kappa shape index (κ3) is 1.36. The van der Waals surface area contributed by atoms with Gasteiger partial charge in [0.25, 0.3) is 5.79 Å². The van der Waals surface area contributed by atoms with Gasteiger partial charge in [0.2, 0.25) is 0 Å². The standard InChI is InChI=1S/C11H10O5/c1-6(12)11(15)10-7(4-5-16-11)8(13)2-3-9(10)14/h2-3,15H,4-5H2,1H3. The van der Waals surface area contributed by atoms with Gasteiger partial charge in [0.15, 0.2) is 17.3 Å². The van der Waals surface area contributed by atoms with Crippen LogP contribution in [-0.4, -0.2) is 34.9 Å². The predicted molar refractivity (Wildman–Crippen MR) is 52.4 cm³/mol. The SMILES string of the molecule is CC(=O)C1(O)OCCC2=C1C(=O)C=CC2=O. The van der Waals surface area contributed by atoms with Gasteiger partial charge in [0, 0.05) is 18.9 Å². The van der Waals surface area contributed by atoms with E-state index in [4.69, 9.17) is 4.74 Å². The number of hydrogen-bond donors (Lipinski definition) is 1. The molecule has 84 valence electrons. The lowest BCUT2D eigenvalue weighted by atomic mass is 9.84. The van der Waals surface area contributed by atoms with E-state index in [1.165, 1.54) is 0 Å². The van der Waals surface area contributed by atoms with Crippen molar-refractivity contribution in [1.82, 2.24) is 0 Å². The van der Waals surface area contributed by atoms with Crippen LogP contribution in [0.1, 0.15) is 13.3 Å². The Bertz CT molecular complexity index is 457. The number of hydrogen-bond acceptors (Lipinski definition) is 5. The number of allylic oxidation sites excluding steroid dienone is 2. The molecule has 0 radical (unpaired) electrons. The van der Waals surface area contributed by atoms with Crippen molar-refractivity contribution in [3.63, 3.8) is 0 Å². The second kappa shape index (κ2) is 3.47. The average molecular weight is 222 g/mol. The molecule has 0 amide bonds. The van der Waals surface area contributed by atoms with Gasteiger partial charge in [-0.2, -0.15) is 0 Å². The molecule has 0 saturated carbocycles. The summed E-state index contributed by atoms with van der Waals surface area (Å²) in [7, 11) is 0. The van der Waals surface area contributed by atoms with Gasteiger partial charge in [0.1, 0.15) is 0 Å². The number of carbonyl (C=O) groups is 3. The van der Waals surface area contributed by atoms with Crippen molar-refractivity contribution in [2.75, 3.05) is 6.61 Å². The van der Waals surface area contributed by atoms with Gasteiger partial charge in [-0.15, -0.1) is 0 Å². The number of ether oxygens (including phenoxy) is 1. The maximum atomic E-state index is 11.6. The minimum atomic E-state index is -2.26. The van der Waals surface area contributed by atoms with E-state index in [1.807, 2.05) is 0 Å². The highest BCUT2D eigenvalue weighted by atomic mass is 16.6. The molecule has 0 bridgehead atoms. The lowest BCUT2D eigenvalue weighted by Gasteiger charge is -2.33. The first-order valence-corrected chi connectivity index (χ1v) is 4.84. The first kappa shape index (κ1) is 10.9. The van der Waals surface area contributed by atoms with Gasteiger partial charge < -0.3 is 9.84 Å². The third-order valence-electron chi connectivity index (χ3n) is 2.71. The van der Waals surface area contributed by atoms with Gasteiger partial charge in [-0.05, 0) is 12.2 Å². The third-order valence-corrected chi connectivity index (χ3v) is 2.71. The number of ketones is 3. The van der Waals surface area contributed by atoms with E-state index in [9.17, 15) is 19.5 Å². The second-order valence-corrected chi connectivity index (χ2v) is 3.71. The van der Waals surface area contributed by atoms with Gasteiger partial charge in [0.05, 0.1) is 12.2 Å². The van der Waals surface area contributed by atoms with Crippen LogP contribution < -0.4 is 0 Å². The average Bonchev–Trinajstić information content (AvgIpc) is 2.23. The van der Waals surface area contributed by atoms with Gasteiger partial charge >= 0.3 is 0 Å². The highest BCUT2D eigenvalue weighted by molar-refractivity contribution is 6.23. The van der Waals surface area contributed by atoms with E-state index in [1.54, 1.807) is 0 Å². The largest absolute Gasteiger partial charge is 0.356 e. The van der Waals surface area contributed by atoms with Crippen molar-refractivity contribution < 1.29 is 24.2 Å². The van der Waals surface area contributed by atoms with E-state index in [-0.39, 0.29) is 30.0 Å². The molecule has 2 aliphatic rings. The Morgan fingerprint density at radius 2 is 2.00 bits per heavy atom. The zero-order chi connectivity index (χ0) is 11.9. The van der Waals surface area contributed by atoms with Crippen molar-refractivity contribution in [3.05, 3.63) is 23.3 Å². The van der Waals surface area contributed by atoms with Crippen molar-refractivity contribution in [3.8, 4) is 0 Å². The number of carbonyl (C=O) groups excluding carboxylic acids is 3. The molecule has 0 spiro atoms. The molecule has 0 aromatic rings. The van der Waals surface area contributed by atoms with Crippen molar-refractivity contribution >= 4 is 17.3 Å². The molecule has 1 aliphatic heterocycles. The van der Waals surface area contributed by atoms with Crippen LogP contribution in [0.2, 0.25) is 0 Å². The molecular formula is C11H10O5. The Hall–Kier alpha value is -1.59. The molecule has 16 heavy (non-hydrogen) atoms. The Kier molecular flexibility index (Phi) is 2.36. The van der Waals surface area contributed by atoms with E-state index < -0.39 is 17.4 Å². The highest BCUT2D eigenvalue weighted by Crippen LogP contribution is 2.33. The summed E-state index contributed by atoms with van der Waals surface area (Å²) in [5.41, 5.74) is -0.0461. The molecular weight excluding hydrogens is 212 g/mol. The predicted octanol–water partition coefficient (Wildman–Crippen LogP) is -0.311. The Morgan fingerprint density at radius 3 is 2.62 bits per heavy atom. The summed E-state index contributed by atoms with van der Waals surface area (Å²) in [6, 6.07) is 0. The molecule has 1 unspecified atom stereocenters. The normalized spacial score (nSPS) is 29.4. The Balaban J connectivity index is 2.61. The van der Waals surface area contributed by atoms with Crippen molar-refractivity contribution in [2.24, 2.45) is 0 Å². The van der Waals surface area contributed by atoms with Crippen molar-refractivity contribution in [2.45, 2.75) is 19.1 Å². The summed E-state index contributed by atoms with van der Waals surface area (Å²) in [4.78, 5) is 34.4. The summed E-state index contributed by atoms with van der Waals surface area (Å²) in [6.45, 7) is 1.16. The van der Waals surface area contributed by atoms with Crippen LogP contribution in [0.4, 0.5) is 0 Å². The summed E-state index contributed by atoms with van der Waals surface area (Å²) in [5, 5.41) is 10.00. The minimum absolute atomic E-state index is 0.0434. The summed E-state index contributed by atoms with van der Waals surface area (Å²) in [5.74, 6) is -3.86. The lowest BCUT2D eigenvalue weighted by molar-refractivity contribution is -0.191. The van der Waals surface area contributed by atoms with Crippen molar-refractivity contribution in [1.29, 1.82) is 0 Å². The molecule has 0 aromatic carbocycles. The first-order chi connectivity index (χ1) is 7.47. The molecule has 1 aliphatic carbocycles. The molecule has 1 N–H and O–H groups in total. The second-order valence-electron chi connectivity index (χ2n) is 3.71. The van der Waals surface area contributed by atoms with Crippen LogP contribution in [0, 0.1) is 0 Å². The van der Waals surface area contributed by atoms with Crippen LogP contribution in [0.3, 0.4) is 0 Å². The number of Topliss-reactive ketones (excluding diaryl/α,β-unsaturated/α-hetero) is 1. The van der Waals surface area contributed by atoms with E-state index >= 15 is 0 Å². The molecule has 0 saturated heterocycles. The van der Waals surface area contributed by atoms with Crippen LogP contribution in [-0.2, 0) is 19.1 Å². The summed E-state index contributed by atoms with van der Waals surface area (Å²) < 4.78 is 4.96. The van der Waals surface area contributed by atoms with Crippen LogP contribution in [0.25, 0.3) is 0 Å². The zero-order valence-electron chi connectivity index (χ0n) is 8.65. The molecule has 5 heteroatoms. The van der Waals surface area contributed by atoms with E-state index in [0.717, 1.165) is 19.1 Å². The van der Waals surface area contributed by atoms with Crippen LogP contribution in [0.15, 0.2) is 23.3 Å². The quantitative estimate of drug-likeness (QED) is 0.615. The maximum absolute atomic E-state index is 11.6. The molecule has 5 nitrogen and oxygen atoms in total. The smallest absolute Gasteiger partial charge is 0.257 e. The van der Waals surface area contributed by atoms with E-state index in [0.29, 0.717) is 0 Å². The number of aliphatic hydroxyl groups is 1. The molecule has 1 heterocycles. The molecule has 0 aromatic heterocycles. The lowest BCUT2D eigenvalue weighted by Crippen LogP contribution is -2.49. The van der Waals surface area contributed by atoms with E-state index in [2.05, 4.69) is 0 Å². The fourth-order valence-electron chi connectivity index (χ4n) is 1.88. The van der Waals surface area contributed by atoms with Crippen LogP contribution in [0.5, 0.6) is 0 Å². The fourth-order valence-corrected chi connectivity index (χ4v) is 1.88. The molecule has 1 atom stereocenters. The highest BCUT2D eigenvalue weighted by Gasteiger charge is 2.47. The zero-order valence-corrected chi connectivity index (χ0v) is 8.65. The first-order valence-electron chi connectivity index (χ1n) is 4.84. The van der Waals surface area contributed by atoms with Gasteiger partial charge in [-0.3, -0.25) is 14.4 Å². The van der Waals surface area contributed by atoms with Gasteiger partial charge in [-0.1, -0.05) is 0 Å². The minimum Gasteiger partial charge on any atom is -0.356 e. The Morgan fingerprint density at radius 1 is 1.38 bits per heavy atom. The molecule has 2 rings (SSSR count). The monoisotopic (exact) mass is 222 g/mol. The molecule has 0 fully saturated rings. The fraction of sp³-hybridized carbons (Fsp3) is 0.364. The van der Waals surface area contributed by atoms with Crippen LogP contribution >= 0.6 is 0 Å². The maximum Gasteiger partial charge on any atom is 0.257 e. The van der Waals surface area contributed by atoms with Gasteiger partial charge in [-0.25, -0.2) is 0 Å². The summed E-state index contributed by atoms with van der Waals surface area (Å²) in [6.07, 6.45) is 2.43. The summed E-state index contributed by atoms with van der Waals surface area (Å²) >= 11 is 0. The Labute approximate surface area is 91.4 Å². The topological polar surface area (TPSA) is 80.7 Å².